The van der Waals surface area contributed by atoms with E-state index < -0.39 is 0 Å². The average molecular weight is 406 g/mol. The maximum atomic E-state index is 13.3. The molecule has 0 bridgehead atoms. The lowest BCUT2D eigenvalue weighted by Crippen LogP contribution is -2.49. The average Bonchev–Trinajstić information content (AvgIpc) is 2.76. The van der Waals surface area contributed by atoms with Crippen molar-refractivity contribution in [3.8, 4) is 11.6 Å². The summed E-state index contributed by atoms with van der Waals surface area (Å²) in [6.07, 6.45) is 1.45. The fourth-order valence-corrected chi connectivity index (χ4v) is 3.42. The van der Waals surface area contributed by atoms with Gasteiger partial charge in [0.2, 0.25) is 5.88 Å². The first-order chi connectivity index (χ1) is 14.5. The van der Waals surface area contributed by atoms with E-state index in [4.69, 9.17) is 4.74 Å². The molecule has 7 heteroatoms. The van der Waals surface area contributed by atoms with Crippen molar-refractivity contribution in [2.75, 3.05) is 31.1 Å². The Balaban J connectivity index is 1.40. The van der Waals surface area contributed by atoms with Crippen LogP contribution in [0.15, 0.2) is 54.9 Å². The van der Waals surface area contributed by atoms with Crippen LogP contribution in [0.2, 0.25) is 0 Å². The monoisotopic (exact) mass is 406 g/mol. The highest BCUT2D eigenvalue weighted by molar-refractivity contribution is 5.94. The Bertz CT molecular complexity index is 1050. The van der Waals surface area contributed by atoms with Gasteiger partial charge in [-0.3, -0.25) is 4.79 Å². The predicted octanol–water partition coefficient (Wildman–Crippen LogP) is 3.99. The first kappa shape index (κ1) is 19.8. The lowest BCUT2D eigenvalue weighted by molar-refractivity contribution is 0.0746. The number of benzene rings is 2. The fourth-order valence-electron chi connectivity index (χ4n) is 3.42. The summed E-state index contributed by atoms with van der Waals surface area (Å²) in [4.78, 5) is 25.2. The minimum absolute atomic E-state index is 0.0492. The van der Waals surface area contributed by atoms with E-state index in [0.717, 1.165) is 11.4 Å². The van der Waals surface area contributed by atoms with Crippen molar-refractivity contribution in [3.05, 3.63) is 77.4 Å². The number of nitrogens with zero attached hydrogens (tertiary/aromatic N) is 4. The minimum Gasteiger partial charge on any atom is -0.439 e. The van der Waals surface area contributed by atoms with Crippen molar-refractivity contribution in [1.82, 2.24) is 14.9 Å². The maximum Gasteiger partial charge on any atom is 0.253 e. The molecule has 1 aliphatic heterocycles. The summed E-state index contributed by atoms with van der Waals surface area (Å²) in [6, 6.07) is 13.8. The van der Waals surface area contributed by atoms with Crippen LogP contribution in [0.4, 0.5) is 10.2 Å². The predicted molar refractivity (Wildman–Crippen MR) is 113 cm³/mol. The normalized spacial score (nSPS) is 14.0. The van der Waals surface area contributed by atoms with E-state index in [-0.39, 0.29) is 11.7 Å². The SMILES string of the molecule is Cc1ccc(C(=O)N2CCN(c3cc(Oc4ccc(F)cc4C)ncn3)CC2)cc1. The number of aromatic nitrogens is 2. The molecule has 0 radical (unpaired) electrons. The summed E-state index contributed by atoms with van der Waals surface area (Å²) in [6.45, 7) is 6.36. The highest BCUT2D eigenvalue weighted by Crippen LogP contribution is 2.26. The summed E-state index contributed by atoms with van der Waals surface area (Å²) >= 11 is 0. The molecule has 1 aliphatic rings. The van der Waals surface area contributed by atoms with Gasteiger partial charge in [0.15, 0.2) is 0 Å². The smallest absolute Gasteiger partial charge is 0.253 e. The summed E-state index contributed by atoms with van der Waals surface area (Å²) in [7, 11) is 0. The van der Waals surface area contributed by atoms with Gasteiger partial charge in [-0.1, -0.05) is 17.7 Å². The number of anilines is 1. The lowest BCUT2D eigenvalue weighted by Gasteiger charge is -2.35. The van der Waals surface area contributed by atoms with Crippen LogP contribution in [0.5, 0.6) is 11.6 Å². The van der Waals surface area contributed by atoms with Crippen LogP contribution in [0, 0.1) is 19.7 Å². The molecule has 6 nitrogen and oxygen atoms in total. The van der Waals surface area contributed by atoms with Crippen LogP contribution in [0.3, 0.4) is 0 Å². The third-order valence-electron chi connectivity index (χ3n) is 5.17. The highest BCUT2D eigenvalue weighted by atomic mass is 19.1. The Labute approximate surface area is 174 Å². The Morgan fingerprint density at radius 2 is 1.70 bits per heavy atom. The minimum atomic E-state index is -0.304. The largest absolute Gasteiger partial charge is 0.439 e. The van der Waals surface area contributed by atoms with Gasteiger partial charge in [-0.15, -0.1) is 0 Å². The fraction of sp³-hybridized carbons (Fsp3) is 0.261. The van der Waals surface area contributed by atoms with Gasteiger partial charge < -0.3 is 14.5 Å². The van der Waals surface area contributed by atoms with Crippen LogP contribution in [0.25, 0.3) is 0 Å². The molecule has 30 heavy (non-hydrogen) atoms. The van der Waals surface area contributed by atoms with E-state index in [9.17, 15) is 9.18 Å². The molecular weight excluding hydrogens is 383 g/mol. The number of carbonyl (C=O) groups excluding carboxylic acids is 1. The topological polar surface area (TPSA) is 58.6 Å². The molecule has 1 fully saturated rings. The Kier molecular flexibility index (Phi) is 5.61. The highest BCUT2D eigenvalue weighted by Gasteiger charge is 2.23. The number of ether oxygens (including phenoxy) is 1. The van der Waals surface area contributed by atoms with Crippen LogP contribution in [0.1, 0.15) is 21.5 Å². The van der Waals surface area contributed by atoms with Gasteiger partial charge in [0.05, 0.1) is 0 Å². The molecule has 4 rings (SSSR count). The number of piperazine rings is 1. The van der Waals surface area contributed by atoms with Crippen LogP contribution in [-0.4, -0.2) is 47.0 Å². The molecule has 2 heterocycles. The second kappa shape index (κ2) is 8.49. The molecule has 1 aromatic heterocycles. The third-order valence-corrected chi connectivity index (χ3v) is 5.17. The summed E-state index contributed by atoms with van der Waals surface area (Å²) in [5.74, 6) is 1.43. The molecular formula is C23H23FN4O2. The zero-order chi connectivity index (χ0) is 21.1. The molecule has 0 aliphatic carbocycles. The summed E-state index contributed by atoms with van der Waals surface area (Å²) in [5.41, 5.74) is 2.54. The molecule has 2 aromatic carbocycles. The third kappa shape index (κ3) is 4.40. The van der Waals surface area contributed by atoms with Crippen LogP contribution in [-0.2, 0) is 0 Å². The van der Waals surface area contributed by atoms with Gasteiger partial charge in [0.1, 0.15) is 23.7 Å². The Morgan fingerprint density at radius 3 is 2.40 bits per heavy atom. The van der Waals surface area contributed by atoms with Crippen molar-refractivity contribution in [1.29, 1.82) is 0 Å². The van der Waals surface area contributed by atoms with E-state index in [0.29, 0.717) is 48.9 Å². The zero-order valence-corrected chi connectivity index (χ0v) is 17.0. The van der Waals surface area contributed by atoms with Gasteiger partial charge in [0, 0.05) is 37.8 Å². The summed E-state index contributed by atoms with van der Waals surface area (Å²) in [5, 5.41) is 0. The van der Waals surface area contributed by atoms with E-state index in [2.05, 4.69) is 14.9 Å². The van der Waals surface area contributed by atoms with Crippen LogP contribution < -0.4 is 9.64 Å². The van der Waals surface area contributed by atoms with Gasteiger partial charge in [0.25, 0.3) is 5.91 Å². The maximum absolute atomic E-state index is 13.3. The van der Waals surface area contributed by atoms with Gasteiger partial charge in [-0.2, -0.15) is 0 Å². The van der Waals surface area contributed by atoms with Crippen LogP contribution >= 0.6 is 0 Å². The quantitative estimate of drug-likeness (QED) is 0.656. The molecule has 0 unspecified atom stereocenters. The van der Waals surface area contributed by atoms with Gasteiger partial charge in [-0.05, 0) is 49.7 Å². The molecule has 0 saturated carbocycles. The van der Waals surface area contributed by atoms with E-state index in [1.807, 2.05) is 36.1 Å². The molecule has 1 saturated heterocycles. The first-order valence-electron chi connectivity index (χ1n) is 9.86. The number of rotatable bonds is 4. The van der Waals surface area contributed by atoms with E-state index >= 15 is 0 Å². The zero-order valence-electron chi connectivity index (χ0n) is 17.0. The number of aryl methyl sites for hydroxylation is 2. The van der Waals surface area contributed by atoms with Crippen molar-refractivity contribution >= 4 is 11.7 Å². The second-order valence-electron chi connectivity index (χ2n) is 7.37. The number of halogens is 1. The molecule has 1 amide bonds. The van der Waals surface area contributed by atoms with E-state index in [1.165, 1.54) is 18.5 Å². The van der Waals surface area contributed by atoms with Crippen molar-refractivity contribution in [2.45, 2.75) is 13.8 Å². The number of amides is 1. The van der Waals surface area contributed by atoms with Crippen molar-refractivity contribution in [2.24, 2.45) is 0 Å². The number of carbonyl (C=O) groups is 1. The lowest BCUT2D eigenvalue weighted by atomic mass is 10.1. The van der Waals surface area contributed by atoms with Crippen molar-refractivity contribution in [3.63, 3.8) is 0 Å². The van der Waals surface area contributed by atoms with Gasteiger partial charge in [-0.25, -0.2) is 14.4 Å². The first-order valence-corrected chi connectivity index (χ1v) is 9.86. The number of hydrogen-bond donors (Lipinski definition) is 0. The Morgan fingerprint density at radius 1 is 0.967 bits per heavy atom. The summed E-state index contributed by atoms with van der Waals surface area (Å²) < 4.78 is 19.1. The van der Waals surface area contributed by atoms with E-state index in [1.54, 1.807) is 19.1 Å². The molecule has 154 valence electrons. The standard InChI is InChI=1S/C23H23FN4O2/c1-16-3-5-18(6-4-16)23(29)28-11-9-27(10-12-28)21-14-22(26-15-25-21)30-20-8-7-19(24)13-17(20)2/h3-8,13-15H,9-12H2,1-2H3. The van der Waals surface area contributed by atoms with Gasteiger partial charge >= 0.3 is 0 Å². The molecule has 0 atom stereocenters. The molecule has 0 N–H and O–H groups in total. The molecule has 0 spiro atoms. The Hall–Kier alpha value is -3.48. The second-order valence-corrected chi connectivity index (χ2v) is 7.37. The van der Waals surface area contributed by atoms with Crippen molar-refractivity contribution < 1.29 is 13.9 Å². The molecule has 3 aromatic rings. The number of hydrogen-bond acceptors (Lipinski definition) is 5.